The summed E-state index contributed by atoms with van der Waals surface area (Å²) in [4.78, 5) is 2.16. The summed E-state index contributed by atoms with van der Waals surface area (Å²) in [7, 11) is 0. The van der Waals surface area contributed by atoms with E-state index in [9.17, 15) is 5.11 Å². The quantitative estimate of drug-likeness (QED) is 0.753. The monoisotopic (exact) mass is 209 g/mol. The molecule has 1 aliphatic rings. The molecule has 15 heavy (non-hydrogen) atoms. The summed E-state index contributed by atoms with van der Waals surface area (Å²) in [6.45, 7) is 3.01. The van der Waals surface area contributed by atoms with Gasteiger partial charge in [-0.2, -0.15) is 0 Å². The maximum Gasteiger partial charge on any atom is 0.123 e. The SMILES string of the molecule is OCc1ccc(N2CCOCC2)cc1O. The van der Waals surface area contributed by atoms with Crippen LogP contribution in [-0.2, 0) is 11.3 Å². The Hall–Kier alpha value is -1.26. The fourth-order valence-electron chi connectivity index (χ4n) is 1.70. The molecule has 0 spiro atoms. The van der Waals surface area contributed by atoms with Gasteiger partial charge in [0.25, 0.3) is 0 Å². The number of phenols is 1. The minimum absolute atomic E-state index is 0.130. The van der Waals surface area contributed by atoms with E-state index in [-0.39, 0.29) is 12.4 Å². The second-order valence-electron chi connectivity index (χ2n) is 3.57. The van der Waals surface area contributed by atoms with Crippen LogP contribution in [0.5, 0.6) is 5.75 Å². The summed E-state index contributed by atoms with van der Waals surface area (Å²) < 4.78 is 5.25. The van der Waals surface area contributed by atoms with Crippen molar-refractivity contribution >= 4 is 5.69 Å². The van der Waals surface area contributed by atoms with Gasteiger partial charge < -0.3 is 19.8 Å². The molecule has 2 rings (SSSR count). The van der Waals surface area contributed by atoms with Crippen LogP contribution in [0.25, 0.3) is 0 Å². The van der Waals surface area contributed by atoms with E-state index in [1.165, 1.54) is 0 Å². The molecule has 82 valence electrons. The van der Waals surface area contributed by atoms with E-state index in [1.54, 1.807) is 12.1 Å². The summed E-state index contributed by atoms with van der Waals surface area (Å²) in [6.07, 6.45) is 0. The highest BCUT2D eigenvalue weighted by atomic mass is 16.5. The Morgan fingerprint density at radius 2 is 2.00 bits per heavy atom. The van der Waals surface area contributed by atoms with Crippen LogP contribution in [0.3, 0.4) is 0 Å². The van der Waals surface area contributed by atoms with Crippen molar-refractivity contribution in [2.45, 2.75) is 6.61 Å². The first-order valence-corrected chi connectivity index (χ1v) is 5.06. The maximum absolute atomic E-state index is 9.60. The van der Waals surface area contributed by atoms with Crippen molar-refractivity contribution < 1.29 is 14.9 Å². The normalized spacial score (nSPS) is 16.7. The first-order valence-electron chi connectivity index (χ1n) is 5.06. The molecule has 1 aromatic carbocycles. The lowest BCUT2D eigenvalue weighted by molar-refractivity contribution is 0.122. The van der Waals surface area contributed by atoms with E-state index in [2.05, 4.69) is 4.90 Å². The summed E-state index contributed by atoms with van der Waals surface area (Å²) in [5.74, 6) is 0.154. The molecule has 1 heterocycles. The number of anilines is 1. The Labute approximate surface area is 88.7 Å². The van der Waals surface area contributed by atoms with Crippen LogP contribution in [0.2, 0.25) is 0 Å². The number of aliphatic hydroxyl groups excluding tert-OH is 1. The minimum atomic E-state index is -0.130. The van der Waals surface area contributed by atoms with Gasteiger partial charge in [-0.05, 0) is 6.07 Å². The summed E-state index contributed by atoms with van der Waals surface area (Å²) >= 11 is 0. The molecule has 1 aromatic rings. The zero-order valence-electron chi connectivity index (χ0n) is 8.52. The Balaban J connectivity index is 2.17. The fraction of sp³-hybridized carbons (Fsp3) is 0.455. The molecule has 4 heteroatoms. The van der Waals surface area contributed by atoms with E-state index in [4.69, 9.17) is 9.84 Å². The molecule has 1 fully saturated rings. The maximum atomic E-state index is 9.60. The number of aliphatic hydroxyl groups is 1. The lowest BCUT2D eigenvalue weighted by atomic mass is 10.1. The Kier molecular flexibility index (Phi) is 3.08. The molecule has 0 saturated carbocycles. The molecule has 0 aliphatic carbocycles. The highest BCUT2D eigenvalue weighted by Crippen LogP contribution is 2.25. The Morgan fingerprint density at radius 3 is 2.60 bits per heavy atom. The van der Waals surface area contributed by atoms with E-state index in [0.717, 1.165) is 32.0 Å². The van der Waals surface area contributed by atoms with Gasteiger partial charge in [0.1, 0.15) is 5.75 Å². The van der Waals surface area contributed by atoms with Crippen molar-refractivity contribution in [2.75, 3.05) is 31.2 Å². The molecule has 0 amide bonds. The van der Waals surface area contributed by atoms with E-state index in [0.29, 0.717) is 5.56 Å². The average molecular weight is 209 g/mol. The third-order valence-corrected chi connectivity index (χ3v) is 2.62. The highest BCUT2D eigenvalue weighted by molar-refractivity contribution is 5.53. The smallest absolute Gasteiger partial charge is 0.123 e. The topological polar surface area (TPSA) is 52.9 Å². The van der Waals surface area contributed by atoms with Crippen LogP contribution >= 0.6 is 0 Å². The van der Waals surface area contributed by atoms with Crippen molar-refractivity contribution in [1.82, 2.24) is 0 Å². The van der Waals surface area contributed by atoms with Crippen LogP contribution in [0.1, 0.15) is 5.56 Å². The predicted octanol–water partition coefficient (Wildman–Crippen LogP) is 0.721. The van der Waals surface area contributed by atoms with Crippen molar-refractivity contribution in [1.29, 1.82) is 0 Å². The lowest BCUT2D eigenvalue weighted by Gasteiger charge is -2.29. The average Bonchev–Trinajstić information content (AvgIpc) is 2.30. The number of hydrogen-bond donors (Lipinski definition) is 2. The number of nitrogens with zero attached hydrogens (tertiary/aromatic N) is 1. The third kappa shape index (κ3) is 2.22. The molecule has 1 saturated heterocycles. The third-order valence-electron chi connectivity index (χ3n) is 2.62. The molecule has 0 unspecified atom stereocenters. The number of aromatic hydroxyl groups is 1. The van der Waals surface area contributed by atoms with E-state index in [1.807, 2.05) is 6.07 Å². The second-order valence-corrected chi connectivity index (χ2v) is 3.57. The van der Waals surface area contributed by atoms with Crippen LogP contribution in [0.4, 0.5) is 5.69 Å². The molecular weight excluding hydrogens is 194 g/mol. The molecule has 0 aromatic heterocycles. The zero-order chi connectivity index (χ0) is 10.7. The van der Waals surface area contributed by atoms with Gasteiger partial charge in [0.05, 0.1) is 19.8 Å². The van der Waals surface area contributed by atoms with Crippen LogP contribution in [0.15, 0.2) is 18.2 Å². The second kappa shape index (κ2) is 4.51. The summed E-state index contributed by atoms with van der Waals surface area (Å²) in [5.41, 5.74) is 1.54. The van der Waals surface area contributed by atoms with Crippen LogP contribution in [-0.4, -0.2) is 36.5 Å². The molecule has 0 bridgehead atoms. The number of benzene rings is 1. The van der Waals surface area contributed by atoms with Gasteiger partial charge in [-0.1, -0.05) is 6.07 Å². The Morgan fingerprint density at radius 1 is 1.27 bits per heavy atom. The van der Waals surface area contributed by atoms with Crippen molar-refractivity contribution in [3.63, 3.8) is 0 Å². The molecule has 1 aliphatic heterocycles. The van der Waals surface area contributed by atoms with Gasteiger partial charge in [-0.25, -0.2) is 0 Å². The van der Waals surface area contributed by atoms with Gasteiger partial charge >= 0.3 is 0 Å². The van der Waals surface area contributed by atoms with Crippen LogP contribution < -0.4 is 4.90 Å². The predicted molar refractivity (Wildman–Crippen MR) is 57.1 cm³/mol. The number of hydrogen-bond acceptors (Lipinski definition) is 4. The lowest BCUT2D eigenvalue weighted by Crippen LogP contribution is -2.36. The van der Waals surface area contributed by atoms with Gasteiger partial charge in [0.15, 0.2) is 0 Å². The standard InChI is InChI=1S/C11H15NO3/c13-8-9-1-2-10(7-11(9)14)12-3-5-15-6-4-12/h1-2,7,13-14H,3-6,8H2. The first-order chi connectivity index (χ1) is 7.31. The molecule has 2 N–H and O–H groups in total. The van der Waals surface area contributed by atoms with Gasteiger partial charge in [-0.3, -0.25) is 0 Å². The largest absolute Gasteiger partial charge is 0.508 e. The number of rotatable bonds is 2. The Bertz CT molecular complexity index is 335. The highest BCUT2D eigenvalue weighted by Gasteiger charge is 2.12. The fourth-order valence-corrected chi connectivity index (χ4v) is 1.70. The number of morpholine rings is 1. The van der Waals surface area contributed by atoms with Crippen molar-refractivity contribution in [3.05, 3.63) is 23.8 Å². The van der Waals surface area contributed by atoms with Crippen molar-refractivity contribution in [3.8, 4) is 5.75 Å². The molecule has 0 radical (unpaired) electrons. The van der Waals surface area contributed by atoms with Crippen molar-refractivity contribution in [2.24, 2.45) is 0 Å². The van der Waals surface area contributed by atoms with Gasteiger partial charge in [-0.15, -0.1) is 0 Å². The molecule has 0 atom stereocenters. The van der Waals surface area contributed by atoms with Gasteiger partial charge in [0.2, 0.25) is 0 Å². The van der Waals surface area contributed by atoms with Crippen LogP contribution in [0, 0.1) is 0 Å². The van der Waals surface area contributed by atoms with E-state index < -0.39 is 0 Å². The van der Waals surface area contributed by atoms with E-state index >= 15 is 0 Å². The molecule has 4 nitrogen and oxygen atoms in total. The van der Waals surface area contributed by atoms with Gasteiger partial charge in [0, 0.05) is 30.4 Å². The first kappa shape index (κ1) is 10.3. The zero-order valence-corrected chi connectivity index (χ0v) is 8.52. The summed E-state index contributed by atoms with van der Waals surface area (Å²) in [5, 5.41) is 18.5. The summed E-state index contributed by atoms with van der Waals surface area (Å²) in [6, 6.07) is 5.35. The molecular formula is C11H15NO3. The minimum Gasteiger partial charge on any atom is -0.508 e. The number of ether oxygens (including phenoxy) is 1.